The van der Waals surface area contributed by atoms with Gasteiger partial charge in [0.2, 0.25) is 5.88 Å². The maximum atomic E-state index is 12.7. The van der Waals surface area contributed by atoms with E-state index in [2.05, 4.69) is 15.1 Å². The van der Waals surface area contributed by atoms with Crippen molar-refractivity contribution in [2.24, 2.45) is 16.1 Å². The third-order valence-electron chi connectivity index (χ3n) is 7.39. The van der Waals surface area contributed by atoms with Crippen molar-refractivity contribution in [2.45, 2.75) is 25.6 Å². The van der Waals surface area contributed by atoms with Gasteiger partial charge in [-0.05, 0) is 36.6 Å². The third kappa shape index (κ3) is 4.11. The molecule has 2 bridgehead atoms. The Hall–Kier alpha value is -4.24. The number of fused-ring (bicyclic) bond motifs is 5. The predicted molar refractivity (Wildman–Crippen MR) is 139 cm³/mol. The largest absolute Gasteiger partial charge is 0.496 e. The van der Waals surface area contributed by atoms with E-state index in [1.54, 1.807) is 30.3 Å². The number of nitrogens with zero attached hydrogens (tertiary/aromatic N) is 5. The normalized spacial score (nSPS) is 19.3. The van der Waals surface area contributed by atoms with Gasteiger partial charge in [0, 0.05) is 42.7 Å². The Bertz CT molecular complexity index is 1590. The first-order valence-corrected chi connectivity index (χ1v) is 12.3. The van der Waals surface area contributed by atoms with Crippen molar-refractivity contribution < 1.29 is 14.6 Å². The van der Waals surface area contributed by atoms with Crippen molar-refractivity contribution in [3.05, 3.63) is 88.3 Å². The van der Waals surface area contributed by atoms with Crippen molar-refractivity contribution in [1.82, 2.24) is 14.0 Å². The molecule has 0 radical (unpaired) electrons. The smallest absolute Gasteiger partial charge is 0.299 e. The van der Waals surface area contributed by atoms with Crippen LogP contribution >= 0.6 is 0 Å². The number of piperidine rings is 1. The Kier molecular flexibility index (Phi) is 5.84. The monoisotopic (exact) mass is 497 g/mol. The molecule has 2 aromatic carbocycles. The molecule has 1 N–H and O–H groups in total. The average molecular weight is 498 g/mol. The Balaban J connectivity index is 1.30. The molecule has 1 saturated heterocycles. The molecule has 0 aliphatic carbocycles. The van der Waals surface area contributed by atoms with E-state index in [1.165, 1.54) is 7.11 Å². The van der Waals surface area contributed by atoms with Crippen LogP contribution in [0.25, 0.3) is 10.9 Å². The van der Waals surface area contributed by atoms with Gasteiger partial charge >= 0.3 is 0 Å². The number of hydrogen-bond donors (Lipinski definition) is 1. The summed E-state index contributed by atoms with van der Waals surface area (Å²) in [6, 6.07) is 19.9. The van der Waals surface area contributed by atoms with E-state index >= 15 is 0 Å². The Morgan fingerprint density at radius 1 is 1.03 bits per heavy atom. The highest BCUT2D eigenvalue weighted by Gasteiger charge is 2.35. The van der Waals surface area contributed by atoms with Crippen LogP contribution in [0.1, 0.15) is 28.4 Å². The molecule has 0 spiro atoms. The van der Waals surface area contributed by atoms with Crippen molar-refractivity contribution in [2.75, 3.05) is 20.2 Å². The van der Waals surface area contributed by atoms with Crippen molar-refractivity contribution in [1.29, 1.82) is 0 Å². The molecule has 1 amide bonds. The molecule has 4 aromatic rings. The standard InChI is InChI=1S/C28H27N5O4/c1-37-24-11-5-3-8-21(24)27(35)30-29-26-20-7-2-4-9-23(20)33(28(26)36)17-31-14-18-13-19(16-31)22-10-6-12-25(34)32(22)15-18/h2-12,18-19,36H,13-17H2,1H3. The minimum atomic E-state index is -0.550. The second-order valence-electron chi connectivity index (χ2n) is 9.70. The molecule has 188 valence electrons. The number of aromatic hydroxyl groups is 1. The van der Waals surface area contributed by atoms with Gasteiger partial charge < -0.3 is 14.4 Å². The molecular weight excluding hydrogens is 470 g/mol. The summed E-state index contributed by atoms with van der Waals surface area (Å²) >= 11 is 0. The summed E-state index contributed by atoms with van der Waals surface area (Å²) < 4.78 is 8.99. The number of methoxy groups -OCH3 is 1. The molecule has 9 heteroatoms. The number of para-hydroxylation sites is 2. The van der Waals surface area contributed by atoms with Crippen LogP contribution in [0.4, 0.5) is 5.69 Å². The van der Waals surface area contributed by atoms with E-state index in [0.717, 1.165) is 30.7 Å². The van der Waals surface area contributed by atoms with Crippen LogP contribution < -0.4 is 10.3 Å². The summed E-state index contributed by atoms with van der Waals surface area (Å²) in [5, 5.41) is 20.0. The minimum absolute atomic E-state index is 0.0369. The summed E-state index contributed by atoms with van der Waals surface area (Å²) in [5.41, 5.74) is 2.52. The van der Waals surface area contributed by atoms with Crippen molar-refractivity contribution >= 4 is 22.5 Å². The number of pyridine rings is 1. The van der Waals surface area contributed by atoms with Gasteiger partial charge in [-0.3, -0.25) is 19.1 Å². The average Bonchev–Trinajstić information content (AvgIpc) is 3.18. The molecule has 2 unspecified atom stereocenters. The van der Waals surface area contributed by atoms with E-state index in [9.17, 15) is 14.7 Å². The number of carbonyl (C=O) groups is 1. The fraction of sp³-hybridized carbons (Fsp3) is 0.286. The predicted octanol–water partition coefficient (Wildman–Crippen LogP) is 4.52. The minimum Gasteiger partial charge on any atom is -0.496 e. The van der Waals surface area contributed by atoms with Gasteiger partial charge in [0.05, 0.1) is 24.9 Å². The molecule has 2 aliphatic rings. The highest BCUT2D eigenvalue weighted by atomic mass is 16.5. The molecule has 1 fully saturated rings. The number of benzene rings is 2. The lowest BCUT2D eigenvalue weighted by molar-refractivity contribution is 0.0922. The summed E-state index contributed by atoms with van der Waals surface area (Å²) in [5.74, 6) is 0.463. The molecule has 9 nitrogen and oxygen atoms in total. The van der Waals surface area contributed by atoms with Gasteiger partial charge in [0.25, 0.3) is 11.5 Å². The summed E-state index contributed by atoms with van der Waals surface area (Å²) in [6.07, 6.45) is 1.06. The zero-order chi connectivity index (χ0) is 25.5. The van der Waals surface area contributed by atoms with Gasteiger partial charge in [-0.15, -0.1) is 10.2 Å². The topological polar surface area (TPSA) is 101 Å². The first-order valence-electron chi connectivity index (χ1n) is 12.3. The zero-order valence-corrected chi connectivity index (χ0v) is 20.4. The SMILES string of the molecule is COc1ccccc1C(=O)N=Nc1c(O)n(CN2CC3CC(C2)c2cccc(=O)n2C3)c2ccccc12. The molecule has 0 saturated carbocycles. The van der Waals surface area contributed by atoms with Gasteiger partial charge in [0.1, 0.15) is 5.75 Å². The second-order valence-corrected chi connectivity index (χ2v) is 9.70. The van der Waals surface area contributed by atoms with E-state index in [1.807, 2.05) is 45.5 Å². The van der Waals surface area contributed by atoms with Crippen molar-refractivity contribution in [3.63, 3.8) is 0 Å². The van der Waals surface area contributed by atoms with Crippen LogP contribution in [0.2, 0.25) is 0 Å². The van der Waals surface area contributed by atoms with E-state index in [0.29, 0.717) is 35.8 Å². The molecule has 37 heavy (non-hydrogen) atoms. The van der Waals surface area contributed by atoms with Gasteiger partial charge in [-0.25, -0.2) is 0 Å². The lowest BCUT2D eigenvalue weighted by Gasteiger charge is -2.42. The Morgan fingerprint density at radius 3 is 2.70 bits per heavy atom. The number of azo groups is 1. The first kappa shape index (κ1) is 23.2. The molecule has 2 atom stereocenters. The quantitative estimate of drug-likeness (QED) is 0.409. The third-order valence-corrected chi connectivity index (χ3v) is 7.39. The number of hydrogen-bond acceptors (Lipinski definition) is 6. The second kappa shape index (κ2) is 9.33. The fourth-order valence-corrected chi connectivity index (χ4v) is 5.80. The van der Waals surface area contributed by atoms with Gasteiger partial charge in [0.15, 0.2) is 5.69 Å². The number of carbonyl (C=O) groups excluding carboxylic acids is 1. The number of ether oxygens (including phenoxy) is 1. The lowest BCUT2D eigenvalue weighted by Crippen LogP contribution is -2.47. The van der Waals surface area contributed by atoms with Crippen LogP contribution in [0, 0.1) is 5.92 Å². The van der Waals surface area contributed by atoms with E-state index in [-0.39, 0.29) is 23.0 Å². The summed E-state index contributed by atoms with van der Waals surface area (Å²) in [7, 11) is 1.49. The van der Waals surface area contributed by atoms with Crippen LogP contribution in [-0.2, 0) is 13.2 Å². The summed E-state index contributed by atoms with van der Waals surface area (Å²) in [4.78, 5) is 27.4. The van der Waals surface area contributed by atoms with Crippen LogP contribution in [0.3, 0.4) is 0 Å². The zero-order valence-electron chi connectivity index (χ0n) is 20.4. The maximum Gasteiger partial charge on any atom is 0.299 e. The van der Waals surface area contributed by atoms with Crippen molar-refractivity contribution in [3.8, 4) is 11.6 Å². The Morgan fingerprint density at radius 2 is 1.84 bits per heavy atom. The Labute approximate surface area is 213 Å². The summed E-state index contributed by atoms with van der Waals surface area (Å²) in [6.45, 7) is 2.79. The number of rotatable bonds is 5. The maximum absolute atomic E-state index is 12.7. The molecular formula is C28H27N5O4. The van der Waals surface area contributed by atoms with Crippen LogP contribution in [-0.4, -0.2) is 45.2 Å². The molecule has 4 heterocycles. The number of likely N-dealkylation sites (tertiary alicyclic amines) is 1. The molecule has 6 rings (SSSR count). The highest BCUT2D eigenvalue weighted by molar-refractivity contribution is 5.98. The fourth-order valence-electron chi connectivity index (χ4n) is 5.80. The first-order chi connectivity index (χ1) is 18.0. The van der Waals surface area contributed by atoms with Crippen LogP contribution in [0.5, 0.6) is 11.6 Å². The van der Waals surface area contributed by atoms with Crippen LogP contribution in [0.15, 0.2) is 81.8 Å². The van der Waals surface area contributed by atoms with E-state index in [4.69, 9.17) is 4.74 Å². The van der Waals surface area contributed by atoms with Gasteiger partial charge in [-0.2, -0.15) is 0 Å². The number of amides is 1. The lowest BCUT2D eigenvalue weighted by atomic mass is 9.83. The number of aromatic nitrogens is 2. The highest BCUT2D eigenvalue weighted by Crippen LogP contribution is 2.41. The van der Waals surface area contributed by atoms with E-state index < -0.39 is 5.91 Å². The molecule has 2 aromatic heterocycles. The van der Waals surface area contributed by atoms with Gasteiger partial charge in [-0.1, -0.05) is 36.4 Å². The molecule has 2 aliphatic heterocycles.